The van der Waals surface area contributed by atoms with Crippen molar-refractivity contribution in [3.63, 3.8) is 0 Å². The van der Waals surface area contributed by atoms with Crippen molar-refractivity contribution in [3.05, 3.63) is 16.3 Å². The summed E-state index contributed by atoms with van der Waals surface area (Å²) in [5, 5.41) is 4.43. The first-order valence-electron chi connectivity index (χ1n) is 6.39. The third-order valence-corrected chi connectivity index (χ3v) is 5.21. The van der Waals surface area contributed by atoms with Crippen LogP contribution in [-0.2, 0) is 0 Å². The van der Waals surface area contributed by atoms with Gasteiger partial charge in [-0.25, -0.2) is 9.97 Å². The SMILES string of the molecule is CNc1nc(C2CC2(C)C)nc2sc(C)c(C)c12. The third-order valence-electron chi connectivity index (χ3n) is 4.11. The number of hydrogen-bond acceptors (Lipinski definition) is 4. The van der Waals surface area contributed by atoms with Crippen molar-refractivity contribution < 1.29 is 0 Å². The van der Waals surface area contributed by atoms with Crippen molar-refractivity contribution in [1.82, 2.24) is 9.97 Å². The molecule has 2 aromatic rings. The highest BCUT2D eigenvalue weighted by Gasteiger charge is 2.48. The lowest BCUT2D eigenvalue weighted by atomic mass is 10.1. The molecule has 3 nitrogen and oxygen atoms in total. The summed E-state index contributed by atoms with van der Waals surface area (Å²) in [5.41, 5.74) is 1.68. The Morgan fingerprint density at radius 2 is 1.94 bits per heavy atom. The summed E-state index contributed by atoms with van der Waals surface area (Å²) in [6.07, 6.45) is 1.20. The highest BCUT2D eigenvalue weighted by molar-refractivity contribution is 7.18. The van der Waals surface area contributed by atoms with Crippen molar-refractivity contribution >= 4 is 27.4 Å². The molecule has 0 saturated heterocycles. The number of hydrogen-bond donors (Lipinski definition) is 1. The maximum absolute atomic E-state index is 4.79. The van der Waals surface area contributed by atoms with Gasteiger partial charge in [0, 0.05) is 17.8 Å². The summed E-state index contributed by atoms with van der Waals surface area (Å²) in [6.45, 7) is 8.88. The molecule has 1 saturated carbocycles. The van der Waals surface area contributed by atoms with Crippen LogP contribution in [0, 0.1) is 19.3 Å². The number of nitrogens with zero attached hydrogens (tertiary/aromatic N) is 2. The third kappa shape index (κ3) is 1.62. The van der Waals surface area contributed by atoms with Crippen LogP contribution in [0.4, 0.5) is 5.82 Å². The molecule has 0 radical (unpaired) electrons. The van der Waals surface area contributed by atoms with E-state index in [1.165, 1.54) is 22.2 Å². The van der Waals surface area contributed by atoms with E-state index in [1.54, 1.807) is 11.3 Å². The molecule has 1 aliphatic rings. The Balaban J connectivity index is 2.20. The molecule has 0 aliphatic heterocycles. The van der Waals surface area contributed by atoms with E-state index in [-0.39, 0.29) is 0 Å². The number of rotatable bonds is 2. The summed E-state index contributed by atoms with van der Waals surface area (Å²) in [4.78, 5) is 12.0. The molecular formula is C14H19N3S. The molecule has 3 rings (SSSR count). The second-order valence-corrected chi connectivity index (χ2v) is 7.09. The largest absolute Gasteiger partial charge is 0.372 e. The standard InChI is InChI=1S/C14H19N3S/c1-7-8(2)18-13-10(7)12(15-5)16-11(17-13)9-6-14(9,3)4/h9H,6H2,1-5H3,(H,15,16,17). The van der Waals surface area contributed by atoms with Gasteiger partial charge in [0.1, 0.15) is 16.5 Å². The van der Waals surface area contributed by atoms with Crippen LogP contribution in [0.3, 0.4) is 0 Å². The number of fused-ring (bicyclic) bond motifs is 1. The maximum atomic E-state index is 4.79. The van der Waals surface area contributed by atoms with Gasteiger partial charge in [0.15, 0.2) is 0 Å². The molecule has 18 heavy (non-hydrogen) atoms. The van der Waals surface area contributed by atoms with Crippen LogP contribution < -0.4 is 5.32 Å². The lowest BCUT2D eigenvalue weighted by Gasteiger charge is -2.07. The van der Waals surface area contributed by atoms with E-state index in [4.69, 9.17) is 9.97 Å². The number of aryl methyl sites for hydroxylation is 2. The zero-order valence-corrected chi connectivity index (χ0v) is 12.4. The first-order valence-corrected chi connectivity index (χ1v) is 7.21. The molecule has 0 amide bonds. The molecule has 96 valence electrons. The number of aromatic nitrogens is 2. The predicted octanol–water partition coefficient (Wildman–Crippen LogP) is 3.86. The fourth-order valence-corrected chi connectivity index (χ4v) is 3.55. The number of thiophene rings is 1. The topological polar surface area (TPSA) is 37.8 Å². The minimum atomic E-state index is 0.375. The molecular weight excluding hydrogens is 242 g/mol. The quantitative estimate of drug-likeness (QED) is 0.892. The normalized spacial score (nSPS) is 21.3. The maximum Gasteiger partial charge on any atom is 0.138 e. The lowest BCUT2D eigenvalue weighted by Crippen LogP contribution is -2.02. The van der Waals surface area contributed by atoms with Crippen LogP contribution in [-0.4, -0.2) is 17.0 Å². The van der Waals surface area contributed by atoms with Crippen LogP contribution in [0.25, 0.3) is 10.2 Å². The van der Waals surface area contributed by atoms with Gasteiger partial charge in [-0.15, -0.1) is 11.3 Å². The first-order chi connectivity index (χ1) is 8.44. The van der Waals surface area contributed by atoms with E-state index in [0.29, 0.717) is 11.3 Å². The second-order valence-electron chi connectivity index (χ2n) is 5.89. The van der Waals surface area contributed by atoms with E-state index in [1.807, 2.05) is 7.05 Å². The van der Waals surface area contributed by atoms with Crippen LogP contribution in [0.2, 0.25) is 0 Å². The Morgan fingerprint density at radius 3 is 2.50 bits per heavy atom. The lowest BCUT2D eigenvalue weighted by molar-refractivity contribution is 0.610. The molecule has 1 aliphatic carbocycles. The Hall–Kier alpha value is -1.16. The first kappa shape index (κ1) is 11.9. The molecule has 1 unspecified atom stereocenters. The van der Waals surface area contributed by atoms with Gasteiger partial charge in [0.25, 0.3) is 0 Å². The van der Waals surface area contributed by atoms with Crippen molar-refractivity contribution in [2.75, 3.05) is 12.4 Å². The van der Waals surface area contributed by atoms with E-state index >= 15 is 0 Å². The van der Waals surface area contributed by atoms with E-state index in [9.17, 15) is 0 Å². The van der Waals surface area contributed by atoms with Gasteiger partial charge in [-0.2, -0.15) is 0 Å². The number of nitrogens with one attached hydrogen (secondary N) is 1. The molecule has 1 atom stereocenters. The van der Waals surface area contributed by atoms with Crippen molar-refractivity contribution in [1.29, 1.82) is 0 Å². The molecule has 4 heteroatoms. The van der Waals surface area contributed by atoms with Gasteiger partial charge in [-0.3, -0.25) is 0 Å². The van der Waals surface area contributed by atoms with Gasteiger partial charge >= 0.3 is 0 Å². The van der Waals surface area contributed by atoms with E-state index in [0.717, 1.165) is 16.5 Å². The molecule has 0 spiro atoms. The highest BCUT2D eigenvalue weighted by atomic mass is 32.1. The van der Waals surface area contributed by atoms with Crippen LogP contribution in [0.5, 0.6) is 0 Å². The molecule has 2 aromatic heterocycles. The van der Waals surface area contributed by atoms with Gasteiger partial charge in [0.2, 0.25) is 0 Å². The minimum Gasteiger partial charge on any atom is -0.372 e. The summed E-state index contributed by atoms with van der Waals surface area (Å²) < 4.78 is 0. The van der Waals surface area contributed by atoms with Gasteiger partial charge < -0.3 is 5.32 Å². The van der Waals surface area contributed by atoms with Gasteiger partial charge in [-0.05, 0) is 31.2 Å². The Morgan fingerprint density at radius 1 is 1.28 bits per heavy atom. The fraction of sp³-hybridized carbons (Fsp3) is 0.571. The van der Waals surface area contributed by atoms with Crippen LogP contribution in [0.15, 0.2) is 0 Å². The average Bonchev–Trinajstić information content (AvgIpc) is 2.86. The van der Waals surface area contributed by atoms with Gasteiger partial charge in [0.05, 0.1) is 5.39 Å². The highest BCUT2D eigenvalue weighted by Crippen LogP contribution is 2.58. The smallest absolute Gasteiger partial charge is 0.138 e. The predicted molar refractivity (Wildman–Crippen MR) is 77.6 cm³/mol. The zero-order valence-electron chi connectivity index (χ0n) is 11.6. The molecule has 0 aromatic carbocycles. The van der Waals surface area contributed by atoms with Crippen molar-refractivity contribution in [3.8, 4) is 0 Å². The van der Waals surface area contributed by atoms with Crippen LogP contribution >= 0.6 is 11.3 Å². The Bertz CT molecular complexity index is 627. The van der Waals surface area contributed by atoms with Crippen molar-refractivity contribution in [2.24, 2.45) is 5.41 Å². The summed E-state index contributed by atoms with van der Waals surface area (Å²) >= 11 is 1.78. The number of anilines is 1. The fourth-order valence-electron chi connectivity index (χ4n) is 2.51. The van der Waals surface area contributed by atoms with E-state index < -0.39 is 0 Å². The van der Waals surface area contributed by atoms with Crippen molar-refractivity contribution in [2.45, 2.75) is 40.0 Å². The summed E-state index contributed by atoms with van der Waals surface area (Å²) in [5.74, 6) is 2.52. The Kier molecular flexibility index (Phi) is 2.43. The van der Waals surface area contributed by atoms with Gasteiger partial charge in [-0.1, -0.05) is 13.8 Å². The Labute approximate surface area is 112 Å². The summed E-state index contributed by atoms with van der Waals surface area (Å²) in [6, 6.07) is 0. The average molecular weight is 261 g/mol. The summed E-state index contributed by atoms with van der Waals surface area (Å²) in [7, 11) is 1.94. The molecule has 1 N–H and O–H groups in total. The molecule has 0 bridgehead atoms. The minimum absolute atomic E-state index is 0.375. The second kappa shape index (κ2) is 3.67. The van der Waals surface area contributed by atoms with E-state index in [2.05, 4.69) is 33.0 Å². The molecule has 2 heterocycles. The zero-order chi connectivity index (χ0) is 13.1. The van der Waals surface area contributed by atoms with Crippen LogP contribution in [0.1, 0.15) is 42.5 Å². The molecule has 1 fully saturated rings. The monoisotopic (exact) mass is 261 g/mol.